The largest absolute Gasteiger partial charge is 0.395 e. The van der Waals surface area contributed by atoms with Gasteiger partial charge < -0.3 is 15.1 Å². The van der Waals surface area contributed by atoms with Gasteiger partial charge in [0.05, 0.1) is 19.4 Å². The third-order valence-electron chi connectivity index (χ3n) is 1.69. The second kappa shape index (κ2) is 5.74. The van der Waals surface area contributed by atoms with Gasteiger partial charge in [-0.15, -0.1) is 0 Å². The molecule has 78 valence electrons. The van der Waals surface area contributed by atoms with Gasteiger partial charge in [0, 0.05) is 13.1 Å². The summed E-state index contributed by atoms with van der Waals surface area (Å²) in [7, 11) is 0. The number of aliphatic hydroxyl groups excluding tert-OH is 2. The molecule has 0 saturated heterocycles. The molecule has 14 heavy (non-hydrogen) atoms. The van der Waals surface area contributed by atoms with Crippen molar-refractivity contribution in [1.29, 1.82) is 0 Å². The number of hydrogen-bond acceptors (Lipinski definition) is 5. The van der Waals surface area contributed by atoms with Crippen molar-refractivity contribution < 1.29 is 10.2 Å². The van der Waals surface area contributed by atoms with Crippen molar-refractivity contribution in [3.8, 4) is 0 Å². The van der Waals surface area contributed by atoms with Crippen molar-refractivity contribution in [2.24, 2.45) is 0 Å². The van der Waals surface area contributed by atoms with Crippen molar-refractivity contribution >= 4 is 17.4 Å². The van der Waals surface area contributed by atoms with Gasteiger partial charge in [-0.25, -0.2) is 9.97 Å². The Morgan fingerprint density at radius 1 is 1.29 bits per heavy atom. The first-order valence-corrected chi connectivity index (χ1v) is 4.59. The van der Waals surface area contributed by atoms with Crippen LogP contribution in [0.15, 0.2) is 12.5 Å². The molecule has 0 aliphatic heterocycles. The molecule has 0 aromatic carbocycles. The number of hydrogen-bond donors (Lipinski definition) is 2. The zero-order valence-corrected chi connectivity index (χ0v) is 8.35. The van der Waals surface area contributed by atoms with Gasteiger partial charge in [-0.3, -0.25) is 0 Å². The molecule has 1 rings (SSSR count). The number of aromatic nitrogens is 2. The number of anilines is 1. The van der Waals surface area contributed by atoms with Gasteiger partial charge in [-0.1, -0.05) is 11.6 Å². The van der Waals surface area contributed by atoms with Crippen LogP contribution in [-0.4, -0.2) is 46.5 Å². The number of halogens is 1. The van der Waals surface area contributed by atoms with Crippen LogP contribution >= 0.6 is 11.6 Å². The monoisotopic (exact) mass is 217 g/mol. The molecule has 1 aromatic heterocycles. The van der Waals surface area contributed by atoms with E-state index in [1.54, 1.807) is 4.90 Å². The molecule has 0 unspecified atom stereocenters. The molecule has 0 atom stereocenters. The van der Waals surface area contributed by atoms with Crippen LogP contribution in [0.2, 0.25) is 5.02 Å². The van der Waals surface area contributed by atoms with Crippen molar-refractivity contribution in [2.45, 2.75) is 0 Å². The molecule has 0 amide bonds. The summed E-state index contributed by atoms with van der Waals surface area (Å²) in [6, 6.07) is 0. The fraction of sp³-hybridized carbons (Fsp3) is 0.500. The summed E-state index contributed by atoms with van der Waals surface area (Å²) >= 11 is 5.86. The fourth-order valence-corrected chi connectivity index (χ4v) is 1.33. The molecular weight excluding hydrogens is 206 g/mol. The third-order valence-corrected chi connectivity index (χ3v) is 1.95. The SMILES string of the molecule is OCCN(CCO)c1ncncc1Cl. The summed E-state index contributed by atoms with van der Waals surface area (Å²) in [4.78, 5) is 9.43. The lowest BCUT2D eigenvalue weighted by molar-refractivity contribution is 0.280. The van der Waals surface area contributed by atoms with Gasteiger partial charge in [0.1, 0.15) is 11.3 Å². The maximum absolute atomic E-state index is 8.81. The molecule has 0 aliphatic rings. The first-order valence-electron chi connectivity index (χ1n) is 4.21. The van der Waals surface area contributed by atoms with Crippen LogP contribution < -0.4 is 4.90 Å². The molecule has 5 nitrogen and oxygen atoms in total. The van der Waals surface area contributed by atoms with E-state index in [2.05, 4.69) is 9.97 Å². The average molecular weight is 218 g/mol. The predicted octanol–water partition coefficient (Wildman–Crippen LogP) is -0.0790. The number of aliphatic hydroxyl groups is 2. The zero-order valence-electron chi connectivity index (χ0n) is 7.60. The first kappa shape index (κ1) is 11.2. The summed E-state index contributed by atoms with van der Waals surface area (Å²) in [5.74, 6) is 0.532. The number of nitrogens with zero attached hydrogens (tertiary/aromatic N) is 3. The van der Waals surface area contributed by atoms with Crippen molar-refractivity contribution in [3.63, 3.8) is 0 Å². The third kappa shape index (κ3) is 2.80. The van der Waals surface area contributed by atoms with Crippen LogP contribution in [0.5, 0.6) is 0 Å². The van der Waals surface area contributed by atoms with E-state index in [4.69, 9.17) is 21.8 Å². The lowest BCUT2D eigenvalue weighted by Gasteiger charge is -2.21. The van der Waals surface area contributed by atoms with Crippen LogP contribution in [0.4, 0.5) is 5.82 Å². The Kier molecular flexibility index (Phi) is 4.58. The fourth-order valence-electron chi connectivity index (χ4n) is 1.10. The second-order valence-electron chi connectivity index (χ2n) is 2.63. The summed E-state index contributed by atoms with van der Waals surface area (Å²) in [6.07, 6.45) is 2.86. The molecule has 0 bridgehead atoms. The Morgan fingerprint density at radius 3 is 2.43 bits per heavy atom. The standard InChI is InChI=1S/C8H12ClN3O2/c9-7-5-10-6-11-8(7)12(1-3-13)2-4-14/h5-6,13-14H,1-4H2. The van der Waals surface area contributed by atoms with E-state index in [0.717, 1.165) is 0 Å². The van der Waals surface area contributed by atoms with Gasteiger partial charge in [0.2, 0.25) is 0 Å². The molecule has 0 spiro atoms. The Bertz CT molecular complexity index is 279. The minimum Gasteiger partial charge on any atom is -0.395 e. The average Bonchev–Trinajstić information content (AvgIpc) is 2.18. The van der Waals surface area contributed by atoms with Gasteiger partial charge in [-0.05, 0) is 0 Å². The smallest absolute Gasteiger partial charge is 0.150 e. The van der Waals surface area contributed by atoms with Crippen molar-refractivity contribution in [2.75, 3.05) is 31.2 Å². The molecule has 6 heteroatoms. The van der Waals surface area contributed by atoms with E-state index in [-0.39, 0.29) is 13.2 Å². The van der Waals surface area contributed by atoms with Gasteiger partial charge in [0.15, 0.2) is 5.82 Å². The Hall–Kier alpha value is -0.910. The highest BCUT2D eigenvalue weighted by Gasteiger charge is 2.10. The molecule has 2 N–H and O–H groups in total. The summed E-state index contributed by atoms with van der Waals surface area (Å²) in [5, 5.41) is 18.0. The summed E-state index contributed by atoms with van der Waals surface area (Å²) in [6.45, 7) is 0.745. The topological polar surface area (TPSA) is 69.5 Å². The lowest BCUT2D eigenvalue weighted by Crippen LogP contribution is -2.30. The van der Waals surface area contributed by atoms with E-state index in [1.165, 1.54) is 12.5 Å². The zero-order chi connectivity index (χ0) is 10.4. The van der Waals surface area contributed by atoms with Gasteiger partial charge >= 0.3 is 0 Å². The number of rotatable bonds is 5. The van der Waals surface area contributed by atoms with Crippen LogP contribution in [0.1, 0.15) is 0 Å². The van der Waals surface area contributed by atoms with E-state index in [0.29, 0.717) is 23.9 Å². The van der Waals surface area contributed by atoms with E-state index in [9.17, 15) is 0 Å². The maximum Gasteiger partial charge on any atom is 0.150 e. The van der Waals surface area contributed by atoms with Crippen LogP contribution in [-0.2, 0) is 0 Å². The molecule has 0 fully saturated rings. The minimum atomic E-state index is -0.0136. The quantitative estimate of drug-likeness (QED) is 0.722. The molecule has 0 aliphatic carbocycles. The molecule has 1 heterocycles. The maximum atomic E-state index is 8.81. The Morgan fingerprint density at radius 2 is 1.93 bits per heavy atom. The van der Waals surface area contributed by atoms with Gasteiger partial charge in [0.25, 0.3) is 0 Å². The highest BCUT2D eigenvalue weighted by Crippen LogP contribution is 2.20. The van der Waals surface area contributed by atoms with E-state index >= 15 is 0 Å². The Balaban J connectivity index is 2.81. The predicted molar refractivity (Wildman–Crippen MR) is 53.4 cm³/mol. The second-order valence-corrected chi connectivity index (χ2v) is 3.04. The van der Waals surface area contributed by atoms with Crippen LogP contribution in [0.3, 0.4) is 0 Å². The van der Waals surface area contributed by atoms with Gasteiger partial charge in [-0.2, -0.15) is 0 Å². The summed E-state index contributed by atoms with van der Waals surface area (Å²) < 4.78 is 0. The Labute approximate surface area is 87.0 Å². The van der Waals surface area contributed by atoms with Crippen molar-refractivity contribution in [1.82, 2.24) is 9.97 Å². The molecular formula is C8H12ClN3O2. The molecule has 0 radical (unpaired) electrons. The van der Waals surface area contributed by atoms with Crippen LogP contribution in [0.25, 0.3) is 0 Å². The highest BCUT2D eigenvalue weighted by atomic mass is 35.5. The molecule has 0 saturated carbocycles. The lowest BCUT2D eigenvalue weighted by atomic mass is 10.4. The minimum absolute atomic E-state index is 0.0136. The normalized spacial score (nSPS) is 10.2. The summed E-state index contributed by atoms with van der Waals surface area (Å²) in [5.41, 5.74) is 0. The van der Waals surface area contributed by atoms with E-state index in [1.807, 2.05) is 0 Å². The first-order chi connectivity index (χ1) is 6.79. The van der Waals surface area contributed by atoms with E-state index < -0.39 is 0 Å². The highest BCUT2D eigenvalue weighted by molar-refractivity contribution is 6.32. The molecule has 1 aromatic rings. The van der Waals surface area contributed by atoms with Crippen LogP contribution in [0, 0.1) is 0 Å². The van der Waals surface area contributed by atoms with Crippen molar-refractivity contribution in [3.05, 3.63) is 17.5 Å².